The number of anilines is 1. The van der Waals surface area contributed by atoms with Crippen molar-refractivity contribution < 1.29 is 18.3 Å². The molecule has 0 aliphatic carbocycles. The van der Waals surface area contributed by atoms with Crippen LogP contribution in [-0.2, 0) is 14.8 Å². The molecule has 18 heavy (non-hydrogen) atoms. The second kappa shape index (κ2) is 4.97. The highest BCUT2D eigenvalue weighted by Gasteiger charge is 2.28. The number of nitrogens with zero attached hydrogens (tertiary/aromatic N) is 1. The molecule has 1 atom stereocenters. The molecule has 0 amide bonds. The van der Waals surface area contributed by atoms with Crippen molar-refractivity contribution in [1.82, 2.24) is 0 Å². The number of benzene rings is 1. The van der Waals surface area contributed by atoms with E-state index in [1.165, 1.54) is 6.92 Å². The lowest BCUT2D eigenvalue weighted by molar-refractivity contribution is -0.137. The van der Waals surface area contributed by atoms with E-state index >= 15 is 0 Å². The fraction of sp³-hybridized carbons (Fsp3) is 0.417. The van der Waals surface area contributed by atoms with Crippen LogP contribution in [0.4, 0.5) is 5.69 Å². The molecule has 0 aliphatic rings. The molecule has 0 unspecified atom stereocenters. The lowest BCUT2D eigenvalue weighted by Gasteiger charge is -2.26. The number of hydrogen-bond donors (Lipinski definition) is 1. The Bertz CT molecular complexity index is 565. The molecule has 1 rings (SSSR count). The maximum Gasteiger partial charge on any atom is 0.327 e. The number of aryl methyl sites for hydroxylation is 2. The summed E-state index contributed by atoms with van der Waals surface area (Å²) in [5, 5.41) is 8.99. The molecule has 0 radical (unpaired) electrons. The van der Waals surface area contributed by atoms with Crippen LogP contribution in [0.15, 0.2) is 18.2 Å². The Balaban J connectivity index is 3.36. The molecule has 0 saturated carbocycles. The summed E-state index contributed by atoms with van der Waals surface area (Å²) < 4.78 is 24.4. The number of rotatable bonds is 4. The maximum absolute atomic E-state index is 11.7. The Hall–Kier alpha value is -1.56. The molecular weight excluding hydrogens is 254 g/mol. The van der Waals surface area contributed by atoms with Gasteiger partial charge in [-0.25, -0.2) is 13.2 Å². The Morgan fingerprint density at radius 1 is 1.28 bits per heavy atom. The number of carbonyl (C=O) groups is 1. The van der Waals surface area contributed by atoms with Gasteiger partial charge in [0.15, 0.2) is 0 Å². The Kier molecular flexibility index (Phi) is 4.01. The van der Waals surface area contributed by atoms with Gasteiger partial charge in [0.05, 0.1) is 11.9 Å². The Morgan fingerprint density at radius 2 is 1.83 bits per heavy atom. The van der Waals surface area contributed by atoms with E-state index in [0.717, 1.165) is 21.7 Å². The van der Waals surface area contributed by atoms with Crippen molar-refractivity contribution in [2.75, 3.05) is 10.6 Å². The molecule has 1 aromatic carbocycles. The topological polar surface area (TPSA) is 74.7 Å². The molecule has 0 fully saturated rings. The minimum atomic E-state index is -3.64. The van der Waals surface area contributed by atoms with Gasteiger partial charge in [-0.05, 0) is 44.0 Å². The quantitative estimate of drug-likeness (QED) is 0.901. The number of carboxylic acid groups (broad SMARTS) is 1. The van der Waals surface area contributed by atoms with Crippen LogP contribution in [0.3, 0.4) is 0 Å². The van der Waals surface area contributed by atoms with Gasteiger partial charge < -0.3 is 5.11 Å². The molecule has 1 aromatic rings. The predicted molar refractivity (Wildman–Crippen MR) is 70.3 cm³/mol. The van der Waals surface area contributed by atoms with Crippen LogP contribution in [0.1, 0.15) is 18.1 Å². The van der Waals surface area contributed by atoms with Gasteiger partial charge in [0.2, 0.25) is 10.0 Å². The summed E-state index contributed by atoms with van der Waals surface area (Å²) >= 11 is 0. The van der Waals surface area contributed by atoms with Crippen molar-refractivity contribution >= 4 is 21.7 Å². The van der Waals surface area contributed by atoms with Gasteiger partial charge >= 0.3 is 5.97 Å². The smallest absolute Gasteiger partial charge is 0.327 e. The summed E-state index contributed by atoms with van der Waals surface area (Å²) in [5.41, 5.74) is 2.31. The lowest BCUT2D eigenvalue weighted by atomic mass is 10.1. The van der Waals surface area contributed by atoms with Crippen LogP contribution in [0.5, 0.6) is 0 Å². The first kappa shape index (κ1) is 14.5. The second-order valence-corrected chi connectivity index (χ2v) is 6.20. The maximum atomic E-state index is 11.7. The summed E-state index contributed by atoms with van der Waals surface area (Å²) in [6.07, 6.45) is 1.00. The van der Waals surface area contributed by atoms with Crippen LogP contribution in [0.25, 0.3) is 0 Å². The average Bonchev–Trinajstić information content (AvgIpc) is 2.21. The molecule has 0 aliphatic heterocycles. The van der Waals surface area contributed by atoms with Crippen molar-refractivity contribution in [2.45, 2.75) is 26.8 Å². The molecule has 6 heteroatoms. The van der Waals surface area contributed by atoms with Gasteiger partial charge in [-0.1, -0.05) is 6.07 Å². The zero-order valence-corrected chi connectivity index (χ0v) is 11.7. The standard InChI is InChI=1S/C12H17NO4S/c1-8-5-6-11(7-9(8)2)13(18(4,16)17)10(3)12(14)15/h5-7,10H,1-4H3,(H,14,15)/t10-/m0/s1. The first-order valence-electron chi connectivity index (χ1n) is 5.44. The third-order valence-electron chi connectivity index (χ3n) is 2.81. The molecule has 0 spiro atoms. The zero-order chi connectivity index (χ0) is 14.1. The summed E-state index contributed by atoms with van der Waals surface area (Å²) in [4.78, 5) is 11.0. The highest BCUT2D eigenvalue weighted by Crippen LogP contribution is 2.23. The highest BCUT2D eigenvalue weighted by molar-refractivity contribution is 7.92. The second-order valence-electron chi connectivity index (χ2n) is 4.34. The van der Waals surface area contributed by atoms with Crippen molar-refractivity contribution in [1.29, 1.82) is 0 Å². The fourth-order valence-corrected chi connectivity index (χ4v) is 2.83. The van der Waals surface area contributed by atoms with Crippen LogP contribution >= 0.6 is 0 Å². The Morgan fingerprint density at radius 3 is 2.22 bits per heavy atom. The third kappa shape index (κ3) is 3.01. The number of sulfonamides is 1. The fourth-order valence-electron chi connectivity index (χ4n) is 1.67. The van der Waals surface area contributed by atoms with E-state index in [2.05, 4.69) is 0 Å². The summed E-state index contributed by atoms with van der Waals surface area (Å²) in [7, 11) is -3.64. The lowest BCUT2D eigenvalue weighted by Crippen LogP contribution is -2.42. The minimum absolute atomic E-state index is 0.371. The van der Waals surface area contributed by atoms with Crippen LogP contribution in [0, 0.1) is 13.8 Å². The first-order valence-corrected chi connectivity index (χ1v) is 7.29. The van der Waals surface area contributed by atoms with E-state index in [9.17, 15) is 13.2 Å². The van der Waals surface area contributed by atoms with Gasteiger partial charge in [-0.2, -0.15) is 0 Å². The SMILES string of the molecule is Cc1ccc(N([C@@H](C)C(=O)O)S(C)(=O)=O)cc1C. The van der Waals surface area contributed by atoms with Crippen molar-refractivity contribution in [3.8, 4) is 0 Å². The van der Waals surface area contributed by atoms with E-state index in [1.54, 1.807) is 18.2 Å². The van der Waals surface area contributed by atoms with Gasteiger partial charge in [0, 0.05) is 0 Å². The number of hydrogen-bond acceptors (Lipinski definition) is 3. The Labute approximate surface area is 107 Å². The third-order valence-corrected chi connectivity index (χ3v) is 4.05. The normalized spacial score (nSPS) is 13.1. The van der Waals surface area contributed by atoms with E-state index < -0.39 is 22.0 Å². The first-order chi connectivity index (χ1) is 8.14. The van der Waals surface area contributed by atoms with Gasteiger partial charge in [-0.3, -0.25) is 4.31 Å². The summed E-state index contributed by atoms with van der Waals surface area (Å²) in [6, 6.07) is 3.93. The van der Waals surface area contributed by atoms with E-state index in [4.69, 9.17) is 5.11 Å². The molecular formula is C12H17NO4S. The van der Waals surface area contributed by atoms with E-state index in [-0.39, 0.29) is 0 Å². The highest BCUT2D eigenvalue weighted by atomic mass is 32.2. The molecule has 5 nitrogen and oxygen atoms in total. The van der Waals surface area contributed by atoms with E-state index in [1.807, 2.05) is 13.8 Å². The molecule has 0 aromatic heterocycles. The molecule has 1 N–H and O–H groups in total. The van der Waals surface area contributed by atoms with Crippen LogP contribution in [-0.4, -0.2) is 31.8 Å². The molecule has 0 bridgehead atoms. The largest absolute Gasteiger partial charge is 0.480 e. The van der Waals surface area contributed by atoms with Crippen molar-refractivity contribution in [3.63, 3.8) is 0 Å². The molecule has 100 valence electrons. The monoisotopic (exact) mass is 271 g/mol. The van der Waals surface area contributed by atoms with Gasteiger partial charge in [-0.15, -0.1) is 0 Å². The zero-order valence-electron chi connectivity index (χ0n) is 10.8. The van der Waals surface area contributed by atoms with Crippen molar-refractivity contribution in [2.24, 2.45) is 0 Å². The minimum Gasteiger partial charge on any atom is -0.480 e. The van der Waals surface area contributed by atoms with Crippen molar-refractivity contribution in [3.05, 3.63) is 29.3 Å². The number of carboxylic acids is 1. The van der Waals surface area contributed by atoms with Gasteiger partial charge in [0.1, 0.15) is 6.04 Å². The summed E-state index contributed by atoms with van der Waals surface area (Å²) in [6.45, 7) is 5.10. The van der Waals surface area contributed by atoms with Crippen LogP contribution < -0.4 is 4.31 Å². The average molecular weight is 271 g/mol. The number of aliphatic carboxylic acids is 1. The molecule has 0 saturated heterocycles. The predicted octanol–water partition coefficient (Wildman–Crippen LogP) is 1.54. The van der Waals surface area contributed by atoms with Crippen LogP contribution in [0.2, 0.25) is 0 Å². The summed E-state index contributed by atoms with van der Waals surface area (Å²) in [5.74, 6) is -1.18. The van der Waals surface area contributed by atoms with E-state index in [0.29, 0.717) is 5.69 Å². The van der Waals surface area contributed by atoms with Gasteiger partial charge in [0.25, 0.3) is 0 Å². The molecule has 0 heterocycles.